The molecule has 3 nitrogen and oxygen atoms in total. The van der Waals surface area contributed by atoms with Crippen LogP contribution in [-0.2, 0) is 9.59 Å². The maximum absolute atomic E-state index is 13.5. The number of carbonyl (C=O) groups excluding carboxylic acids is 2. The minimum atomic E-state index is -0.319. The first-order valence-corrected chi connectivity index (χ1v) is 6.19. The third-order valence-electron chi connectivity index (χ3n) is 2.97. The Morgan fingerprint density at radius 1 is 1.56 bits per heavy atom. The highest BCUT2D eigenvalue weighted by Gasteiger charge is 2.31. The molecule has 1 fully saturated rings. The van der Waals surface area contributed by atoms with Gasteiger partial charge in [0, 0.05) is 18.4 Å². The van der Waals surface area contributed by atoms with Gasteiger partial charge in [-0.15, -0.1) is 0 Å². The van der Waals surface area contributed by atoms with Crippen molar-refractivity contribution in [3.05, 3.63) is 24.1 Å². The summed E-state index contributed by atoms with van der Waals surface area (Å²) in [6.45, 7) is 7.13. The summed E-state index contributed by atoms with van der Waals surface area (Å²) in [4.78, 5) is 23.9. The smallest absolute Gasteiger partial charge is 0.210 e. The molecule has 4 heteroatoms. The van der Waals surface area contributed by atoms with Crippen molar-refractivity contribution in [3.8, 4) is 0 Å². The number of amides is 1. The first-order chi connectivity index (χ1) is 8.43. The zero-order valence-corrected chi connectivity index (χ0v) is 11.0. The van der Waals surface area contributed by atoms with Crippen molar-refractivity contribution in [2.24, 2.45) is 5.92 Å². The van der Waals surface area contributed by atoms with Crippen LogP contribution >= 0.6 is 0 Å². The van der Waals surface area contributed by atoms with E-state index in [9.17, 15) is 14.0 Å². The molecule has 1 unspecified atom stereocenters. The molecule has 0 spiro atoms. The lowest BCUT2D eigenvalue weighted by atomic mass is 10.1. The fourth-order valence-corrected chi connectivity index (χ4v) is 1.74. The molecule has 0 N–H and O–H groups in total. The molecule has 0 aromatic heterocycles. The molecule has 1 atom stereocenters. The average molecular weight is 253 g/mol. The molecule has 1 aliphatic rings. The van der Waals surface area contributed by atoms with E-state index in [0.29, 0.717) is 12.0 Å². The highest BCUT2D eigenvalue weighted by Crippen LogP contribution is 2.30. The molecule has 0 aliphatic heterocycles. The third kappa shape index (κ3) is 4.82. The number of Topliss-reactive ketones (excluding diaryl/α,β-unsaturated/α-hetero) is 1. The minimum Gasteiger partial charge on any atom is -0.335 e. The Labute approximate surface area is 107 Å². The number of carbonyl (C=O) groups is 2. The van der Waals surface area contributed by atoms with Gasteiger partial charge in [0.1, 0.15) is 5.83 Å². The molecule has 0 aromatic carbocycles. The van der Waals surface area contributed by atoms with Crippen LogP contribution in [0.25, 0.3) is 0 Å². The molecule has 0 saturated heterocycles. The second kappa shape index (κ2) is 6.47. The largest absolute Gasteiger partial charge is 0.335 e. The van der Waals surface area contributed by atoms with Crippen LogP contribution in [-0.4, -0.2) is 29.7 Å². The van der Waals surface area contributed by atoms with Gasteiger partial charge in [-0.05, 0) is 32.8 Å². The number of hydrogen-bond acceptors (Lipinski definition) is 2. The zero-order chi connectivity index (χ0) is 13.7. The molecule has 0 bridgehead atoms. The Bertz CT molecular complexity index is 372. The fourth-order valence-electron chi connectivity index (χ4n) is 1.74. The topological polar surface area (TPSA) is 37.4 Å². The lowest BCUT2D eigenvalue weighted by Crippen LogP contribution is -2.36. The molecule has 0 radical (unpaired) electrons. The summed E-state index contributed by atoms with van der Waals surface area (Å²) in [5.74, 6) is -0.116. The minimum absolute atomic E-state index is 0.0817. The Morgan fingerprint density at radius 2 is 2.17 bits per heavy atom. The molecule has 0 heterocycles. The Kier molecular flexibility index (Phi) is 5.25. The van der Waals surface area contributed by atoms with Crippen molar-refractivity contribution in [2.45, 2.75) is 39.2 Å². The van der Waals surface area contributed by atoms with Crippen molar-refractivity contribution in [1.29, 1.82) is 0 Å². The summed E-state index contributed by atoms with van der Waals surface area (Å²) in [6, 6.07) is -0.319. The maximum Gasteiger partial charge on any atom is 0.210 e. The van der Waals surface area contributed by atoms with E-state index in [1.165, 1.54) is 11.0 Å². The summed E-state index contributed by atoms with van der Waals surface area (Å²) >= 11 is 0. The molecular formula is C14H20FNO2. The van der Waals surface area contributed by atoms with Crippen molar-refractivity contribution in [3.63, 3.8) is 0 Å². The van der Waals surface area contributed by atoms with E-state index in [4.69, 9.17) is 0 Å². The van der Waals surface area contributed by atoms with E-state index < -0.39 is 0 Å². The van der Waals surface area contributed by atoms with Crippen LogP contribution < -0.4 is 0 Å². The lowest BCUT2D eigenvalue weighted by molar-refractivity contribution is -0.129. The third-order valence-corrected chi connectivity index (χ3v) is 2.97. The van der Waals surface area contributed by atoms with E-state index in [1.54, 1.807) is 13.8 Å². The lowest BCUT2D eigenvalue weighted by Gasteiger charge is -2.23. The standard InChI is InChI=1S/C14H20FNO2/c1-10(2)6-13(15)7-11(3)16(9-17)8-14(18)12-4-5-12/h6,9,11-12H,1,4-5,7-8H2,2-3H3/b13-6+. The van der Waals surface area contributed by atoms with Gasteiger partial charge in [0.25, 0.3) is 0 Å². The van der Waals surface area contributed by atoms with Crippen LogP contribution in [0.5, 0.6) is 0 Å². The summed E-state index contributed by atoms with van der Waals surface area (Å²) in [5.41, 5.74) is 0.631. The Hall–Kier alpha value is -1.45. The van der Waals surface area contributed by atoms with Crippen molar-refractivity contribution < 1.29 is 14.0 Å². The van der Waals surface area contributed by atoms with E-state index >= 15 is 0 Å². The van der Waals surface area contributed by atoms with Gasteiger partial charge >= 0.3 is 0 Å². The van der Waals surface area contributed by atoms with Gasteiger partial charge in [0.2, 0.25) is 6.41 Å². The predicted molar refractivity (Wildman–Crippen MR) is 68.6 cm³/mol. The van der Waals surface area contributed by atoms with Crippen LogP contribution in [0, 0.1) is 5.92 Å². The fraction of sp³-hybridized carbons (Fsp3) is 0.571. The number of nitrogens with zero attached hydrogens (tertiary/aromatic N) is 1. The van der Waals surface area contributed by atoms with Crippen molar-refractivity contribution in [2.75, 3.05) is 6.54 Å². The summed E-state index contributed by atoms with van der Waals surface area (Å²) < 4.78 is 13.5. The zero-order valence-electron chi connectivity index (χ0n) is 11.0. The van der Waals surface area contributed by atoms with Gasteiger partial charge in [0.15, 0.2) is 5.78 Å². The molecule has 1 amide bonds. The second-order valence-corrected chi connectivity index (χ2v) is 5.01. The van der Waals surface area contributed by atoms with E-state index in [2.05, 4.69) is 6.58 Å². The number of hydrogen-bond donors (Lipinski definition) is 0. The number of rotatable bonds is 8. The van der Waals surface area contributed by atoms with Crippen molar-refractivity contribution in [1.82, 2.24) is 4.90 Å². The number of allylic oxidation sites excluding steroid dienone is 2. The van der Waals surface area contributed by atoms with E-state index in [1.807, 2.05) is 0 Å². The first-order valence-electron chi connectivity index (χ1n) is 6.19. The SMILES string of the molecule is C=C(C)/C=C(/F)CC(C)N(C=O)CC(=O)C1CC1. The van der Waals surface area contributed by atoms with E-state index in [0.717, 1.165) is 12.8 Å². The second-order valence-electron chi connectivity index (χ2n) is 5.01. The average Bonchev–Trinajstić information content (AvgIpc) is 3.07. The van der Waals surface area contributed by atoms with Gasteiger partial charge in [-0.3, -0.25) is 9.59 Å². The Morgan fingerprint density at radius 3 is 2.61 bits per heavy atom. The molecule has 1 saturated carbocycles. The molecule has 1 rings (SSSR count). The quantitative estimate of drug-likeness (QED) is 0.492. The van der Waals surface area contributed by atoms with E-state index in [-0.39, 0.29) is 36.5 Å². The number of halogens is 1. The van der Waals surface area contributed by atoms with Crippen molar-refractivity contribution >= 4 is 12.2 Å². The summed E-state index contributed by atoms with van der Waals surface area (Å²) in [5, 5.41) is 0. The first kappa shape index (κ1) is 14.6. The molecule has 1 aliphatic carbocycles. The van der Waals surface area contributed by atoms with Crippen LogP contribution in [0.3, 0.4) is 0 Å². The van der Waals surface area contributed by atoms with Crippen LogP contribution in [0.2, 0.25) is 0 Å². The molecule has 0 aromatic rings. The van der Waals surface area contributed by atoms with Gasteiger partial charge in [0.05, 0.1) is 6.54 Å². The molecular weight excluding hydrogens is 233 g/mol. The van der Waals surface area contributed by atoms with Gasteiger partial charge in [-0.25, -0.2) is 4.39 Å². The molecule has 18 heavy (non-hydrogen) atoms. The van der Waals surface area contributed by atoms with Crippen LogP contribution in [0.15, 0.2) is 24.1 Å². The van der Waals surface area contributed by atoms with Gasteiger partial charge < -0.3 is 4.90 Å². The summed E-state index contributed by atoms with van der Waals surface area (Å²) in [7, 11) is 0. The molecule has 100 valence electrons. The monoisotopic (exact) mass is 253 g/mol. The Balaban J connectivity index is 2.50. The number of ketones is 1. The van der Waals surface area contributed by atoms with Gasteiger partial charge in [-0.1, -0.05) is 12.2 Å². The highest BCUT2D eigenvalue weighted by molar-refractivity contribution is 5.86. The normalized spacial score (nSPS) is 17.2. The van der Waals surface area contributed by atoms with Crippen LogP contribution in [0.4, 0.5) is 4.39 Å². The van der Waals surface area contributed by atoms with Crippen LogP contribution in [0.1, 0.15) is 33.1 Å². The summed E-state index contributed by atoms with van der Waals surface area (Å²) in [6.07, 6.45) is 3.93. The van der Waals surface area contributed by atoms with Gasteiger partial charge in [-0.2, -0.15) is 0 Å². The predicted octanol–water partition coefficient (Wildman–Crippen LogP) is 2.63. The highest BCUT2D eigenvalue weighted by atomic mass is 19.1. The maximum atomic E-state index is 13.5.